The van der Waals surface area contributed by atoms with Crippen molar-refractivity contribution in [3.05, 3.63) is 29.3 Å². The molecule has 1 aromatic rings. The van der Waals surface area contributed by atoms with Crippen molar-refractivity contribution in [3.8, 4) is 6.07 Å². The molecular weight excluding hydrogens is 283 g/mol. The molecule has 0 aromatic heterocycles. The van der Waals surface area contributed by atoms with E-state index in [1.807, 2.05) is 0 Å². The van der Waals surface area contributed by atoms with Crippen molar-refractivity contribution in [2.75, 3.05) is 11.9 Å². The van der Waals surface area contributed by atoms with Crippen LogP contribution in [0.1, 0.15) is 31.9 Å². The van der Waals surface area contributed by atoms with Crippen LogP contribution < -0.4 is 10.6 Å². The first kappa shape index (κ1) is 17.0. The second-order valence-electron chi connectivity index (χ2n) is 4.98. The molecule has 114 valence electrons. The van der Waals surface area contributed by atoms with E-state index in [4.69, 9.17) is 5.26 Å². The van der Waals surface area contributed by atoms with E-state index in [9.17, 15) is 18.0 Å². The summed E-state index contributed by atoms with van der Waals surface area (Å²) in [5, 5.41) is 13.8. The van der Waals surface area contributed by atoms with E-state index in [1.165, 1.54) is 6.07 Å². The first-order valence-corrected chi connectivity index (χ1v) is 6.29. The fraction of sp³-hybridized carbons (Fsp3) is 0.429. The molecule has 7 heteroatoms. The average Bonchev–Trinajstić information content (AvgIpc) is 2.37. The number of nitrogens with one attached hydrogen (secondary N) is 2. The van der Waals surface area contributed by atoms with E-state index in [0.717, 1.165) is 12.1 Å². The molecule has 1 amide bonds. The number of nitriles is 1. The predicted molar refractivity (Wildman–Crippen MR) is 72.5 cm³/mol. The van der Waals surface area contributed by atoms with E-state index >= 15 is 0 Å². The fourth-order valence-electron chi connectivity index (χ4n) is 1.76. The van der Waals surface area contributed by atoms with Crippen LogP contribution in [0.5, 0.6) is 0 Å². The second kappa shape index (κ2) is 6.14. The molecule has 0 unspecified atom stereocenters. The van der Waals surface area contributed by atoms with Crippen LogP contribution in [0.2, 0.25) is 0 Å². The highest BCUT2D eigenvalue weighted by atomic mass is 19.4. The summed E-state index contributed by atoms with van der Waals surface area (Å²) in [4.78, 5) is 12.1. The van der Waals surface area contributed by atoms with Gasteiger partial charge in [0.05, 0.1) is 28.4 Å². The number of amides is 1. The molecule has 0 spiro atoms. The third-order valence-corrected chi connectivity index (χ3v) is 2.89. The minimum atomic E-state index is -4.65. The molecule has 1 rings (SSSR count). The lowest BCUT2D eigenvalue weighted by atomic mass is 10.0. The molecule has 0 bridgehead atoms. The Bertz CT molecular complexity index is 574. The first-order valence-electron chi connectivity index (χ1n) is 6.29. The Balaban J connectivity index is 3.15. The van der Waals surface area contributed by atoms with Gasteiger partial charge in [-0.1, -0.05) is 6.92 Å². The average molecular weight is 299 g/mol. The van der Waals surface area contributed by atoms with Crippen molar-refractivity contribution in [2.45, 2.75) is 32.5 Å². The molecule has 0 heterocycles. The van der Waals surface area contributed by atoms with E-state index in [0.29, 0.717) is 6.54 Å². The lowest BCUT2D eigenvalue weighted by molar-refractivity contribution is -0.137. The van der Waals surface area contributed by atoms with Crippen LogP contribution in [0.3, 0.4) is 0 Å². The summed E-state index contributed by atoms with van der Waals surface area (Å²) < 4.78 is 39.0. The normalized spacial score (nSPS) is 11.9. The topological polar surface area (TPSA) is 64.9 Å². The summed E-state index contributed by atoms with van der Waals surface area (Å²) in [5.74, 6) is -0.584. The Kier molecular flexibility index (Phi) is 4.97. The van der Waals surface area contributed by atoms with Gasteiger partial charge >= 0.3 is 6.18 Å². The lowest BCUT2D eigenvalue weighted by Crippen LogP contribution is -2.49. The molecule has 21 heavy (non-hydrogen) atoms. The summed E-state index contributed by atoms with van der Waals surface area (Å²) in [6.07, 6.45) is -4.65. The highest BCUT2D eigenvalue weighted by molar-refractivity contribution is 5.98. The lowest BCUT2D eigenvalue weighted by Gasteiger charge is -2.25. The van der Waals surface area contributed by atoms with Crippen molar-refractivity contribution >= 4 is 11.6 Å². The quantitative estimate of drug-likeness (QED) is 0.898. The number of alkyl halides is 3. The van der Waals surface area contributed by atoms with E-state index in [-0.39, 0.29) is 11.3 Å². The number of carbonyl (C=O) groups is 1. The van der Waals surface area contributed by atoms with Crippen LogP contribution in [-0.4, -0.2) is 18.0 Å². The maximum absolute atomic E-state index is 13.0. The SMILES string of the molecule is CCNC(C)(C)C(=O)Nc1ccc(C#N)cc1C(F)(F)F. The van der Waals surface area contributed by atoms with Crippen LogP contribution in [0.25, 0.3) is 0 Å². The number of halogens is 3. The van der Waals surface area contributed by atoms with Crippen molar-refractivity contribution in [1.29, 1.82) is 5.26 Å². The summed E-state index contributed by atoms with van der Waals surface area (Å²) in [7, 11) is 0. The first-order chi connectivity index (χ1) is 9.61. The second-order valence-corrected chi connectivity index (χ2v) is 4.98. The van der Waals surface area contributed by atoms with Gasteiger partial charge in [-0.3, -0.25) is 4.79 Å². The Hall–Kier alpha value is -2.07. The van der Waals surface area contributed by atoms with Crippen molar-refractivity contribution in [3.63, 3.8) is 0 Å². The standard InChI is InChI=1S/C14H16F3N3O/c1-4-19-13(2,3)12(21)20-11-6-5-9(8-18)7-10(11)14(15,16)17/h5-7,19H,4H2,1-3H3,(H,20,21). The smallest absolute Gasteiger partial charge is 0.324 e. The third kappa shape index (κ3) is 4.20. The minimum absolute atomic E-state index is 0.119. The zero-order valence-corrected chi connectivity index (χ0v) is 11.9. The number of likely N-dealkylation sites (N-methyl/N-ethyl adjacent to an activating group) is 1. The number of nitrogens with zero attached hydrogens (tertiary/aromatic N) is 1. The van der Waals surface area contributed by atoms with Crippen LogP contribution >= 0.6 is 0 Å². The minimum Gasteiger partial charge on any atom is -0.324 e. The van der Waals surface area contributed by atoms with Gasteiger partial charge in [-0.2, -0.15) is 18.4 Å². The van der Waals surface area contributed by atoms with Gasteiger partial charge in [0.2, 0.25) is 5.91 Å². The van der Waals surface area contributed by atoms with Gasteiger partial charge in [-0.25, -0.2) is 0 Å². The molecule has 0 radical (unpaired) electrons. The third-order valence-electron chi connectivity index (χ3n) is 2.89. The monoisotopic (exact) mass is 299 g/mol. The molecule has 0 aliphatic rings. The van der Waals surface area contributed by atoms with Gasteiger partial charge in [0.15, 0.2) is 0 Å². The highest BCUT2D eigenvalue weighted by Gasteiger charge is 2.35. The summed E-state index contributed by atoms with van der Waals surface area (Å²) in [6, 6.07) is 4.68. The van der Waals surface area contributed by atoms with Crippen molar-refractivity contribution < 1.29 is 18.0 Å². The van der Waals surface area contributed by atoms with E-state index in [1.54, 1.807) is 26.8 Å². The Morgan fingerprint density at radius 3 is 2.43 bits per heavy atom. The molecule has 0 saturated carbocycles. The zero-order chi connectivity index (χ0) is 16.3. The largest absolute Gasteiger partial charge is 0.418 e. The number of rotatable bonds is 4. The molecule has 0 fully saturated rings. The highest BCUT2D eigenvalue weighted by Crippen LogP contribution is 2.35. The van der Waals surface area contributed by atoms with Crippen molar-refractivity contribution in [2.24, 2.45) is 0 Å². The number of benzene rings is 1. The molecule has 0 saturated heterocycles. The van der Waals surface area contributed by atoms with E-state index in [2.05, 4.69) is 10.6 Å². The number of carbonyl (C=O) groups excluding carboxylic acids is 1. The van der Waals surface area contributed by atoms with Crippen LogP contribution in [0.4, 0.5) is 18.9 Å². The van der Waals surface area contributed by atoms with E-state index < -0.39 is 23.2 Å². The van der Waals surface area contributed by atoms with Gasteiger partial charge < -0.3 is 10.6 Å². The number of hydrogen-bond acceptors (Lipinski definition) is 3. The Morgan fingerprint density at radius 2 is 1.95 bits per heavy atom. The zero-order valence-electron chi connectivity index (χ0n) is 11.9. The molecular formula is C14H16F3N3O. The molecule has 2 N–H and O–H groups in total. The molecule has 0 atom stereocenters. The summed E-state index contributed by atoms with van der Waals surface area (Å²) in [5.41, 5.74) is -2.53. The van der Waals surface area contributed by atoms with Gasteiger partial charge in [-0.15, -0.1) is 0 Å². The van der Waals surface area contributed by atoms with Crippen LogP contribution in [0, 0.1) is 11.3 Å². The fourth-order valence-corrected chi connectivity index (χ4v) is 1.76. The van der Waals surface area contributed by atoms with Gasteiger partial charge in [0.25, 0.3) is 0 Å². The maximum Gasteiger partial charge on any atom is 0.418 e. The maximum atomic E-state index is 13.0. The van der Waals surface area contributed by atoms with Crippen LogP contribution in [-0.2, 0) is 11.0 Å². The van der Waals surface area contributed by atoms with Crippen molar-refractivity contribution in [1.82, 2.24) is 5.32 Å². The molecule has 4 nitrogen and oxygen atoms in total. The number of anilines is 1. The predicted octanol–water partition coefficient (Wildman–Crippen LogP) is 2.90. The molecule has 0 aliphatic carbocycles. The molecule has 0 aliphatic heterocycles. The summed E-state index contributed by atoms with van der Waals surface area (Å²) in [6.45, 7) is 5.43. The summed E-state index contributed by atoms with van der Waals surface area (Å²) >= 11 is 0. The number of hydrogen-bond donors (Lipinski definition) is 2. The Morgan fingerprint density at radius 1 is 1.33 bits per heavy atom. The van der Waals surface area contributed by atoms with Gasteiger partial charge in [0, 0.05) is 0 Å². The van der Waals surface area contributed by atoms with Crippen LogP contribution in [0.15, 0.2) is 18.2 Å². The molecule has 1 aromatic carbocycles. The Labute approximate surface area is 121 Å². The van der Waals surface area contributed by atoms with Gasteiger partial charge in [0.1, 0.15) is 0 Å². The van der Waals surface area contributed by atoms with Gasteiger partial charge in [-0.05, 0) is 38.6 Å².